The minimum Gasteiger partial charge on any atom is -0.481 e. The number of carbonyl (C=O) groups excluding carboxylic acids is 1. The van der Waals surface area contributed by atoms with Crippen LogP contribution < -0.4 is 10.1 Å². The molecule has 0 aliphatic heterocycles. The molecule has 0 saturated carbocycles. The molecule has 0 aliphatic rings. The Morgan fingerprint density at radius 2 is 2.08 bits per heavy atom. The van der Waals surface area contributed by atoms with Crippen molar-refractivity contribution in [1.29, 1.82) is 0 Å². The zero-order chi connectivity index (χ0) is 18.5. The Hall–Kier alpha value is -3.15. The first kappa shape index (κ1) is 17.7. The highest BCUT2D eigenvalue weighted by Crippen LogP contribution is 2.21. The molecule has 1 amide bonds. The van der Waals surface area contributed by atoms with E-state index < -0.39 is 0 Å². The highest BCUT2D eigenvalue weighted by Gasteiger charge is 2.12. The number of benzene rings is 1. The first-order chi connectivity index (χ1) is 12.5. The van der Waals surface area contributed by atoms with Crippen LogP contribution in [0, 0.1) is 6.92 Å². The molecule has 0 unspecified atom stereocenters. The lowest BCUT2D eigenvalue weighted by atomic mass is 10.0. The van der Waals surface area contributed by atoms with Crippen molar-refractivity contribution in [2.24, 2.45) is 0 Å². The Morgan fingerprint density at radius 3 is 2.73 bits per heavy atom. The standard InChI is InChI=1S/C20H22N4O2/c1-13(9-18-10-14(2)23-24-18)22-20(25)16-6-4-5-15(11-16)17-7-8-19(26-3)21-12-17/h4-8,10-13H,9H2,1-3H3,(H,22,25)(H,23,24)/t13-/m0/s1. The Kier molecular flexibility index (Phi) is 5.31. The summed E-state index contributed by atoms with van der Waals surface area (Å²) in [4.78, 5) is 16.8. The maximum atomic E-state index is 12.6. The van der Waals surface area contributed by atoms with Crippen molar-refractivity contribution in [3.05, 3.63) is 65.6 Å². The van der Waals surface area contributed by atoms with Gasteiger partial charge in [-0.05, 0) is 43.7 Å². The highest BCUT2D eigenvalue weighted by molar-refractivity contribution is 5.95. The molecular formula is C20H22N4O2. The minimum absolute atomic E-state index is 0.0171. The lowest BCUT2D eigenvalue weighted by molar-refractivity contribution is 0.0940. The van der Waals surface area contributed by atoms with Crippen molar-refractivity contribution in [3.8, 4) is 17.0 Å². The zero-order valence-electron chi connectivity index (χ0n) is 15.1. The molecule has 0 saturated heterocycles. The Balaban J connectivity index is 1.69. The predicted octanol–water partition coefficient (Wildman–Crippen LogP) is 3.15. The first-order valence-electron chi connectivity index (χ1n) is 8.47. The van der Waals surface area contributed by atoms with E-state index in [0.717, 1.165) is 22.5 Å². The summed E-state index contributed by atoms with van der Waals surface area (Å²) in [5, 5.41) is 10.1. The van der Waals surface area contributed by atoms with Crippen LogP contribution in [0.1, 0.15) is 28.7 Å². The van der Waals surface area contributed by atoms with Gasteiger partial charge in [0.15, 0.2) is 0 Å². The molecule has 3 rings (SSSR count). The maximum Gasteiger partial charge on any atom is 0.251 e. The average Bonchev–Trinajstić information content (AvgIpc) is 3.06. The molecule has 2 aromatic heterocycles. The van der Waals surface area contributed by atoms with Gasteiger partial charge in [-0.3, -0.25) is 9.89 Å². The summed E-state index contributed by atoms with van der Waals surface area (Å²) in [7, 11) is 1.58. The molecule has 2 N–H and O–H groups in total. The fraction of sp³-hybridized carbons (Fsp3) is 0.250. The summed E-state index contributed by atoms with van der Waals surface area (Å²) in [6, 6.07) is 13.2. The molecule has 0 spiro atoms. The molecule has 1 aromatic carbocycles. The van der Waals surface area contributed by atoms with Crippen molar-refractivity contribution < 1.29 is 9.53 Å². The van der Waals surface area contributed by atoms with Crippen LogP contribution in [0.25, 0.3) is 11.1 Å². The van der Waals surface area contributed by atoms with Crippen molar-refractivity contribution in [3.63, 3.8) is 0 Å². The first-order valence-corrected chi connectivity index (χ1v) is 8.47. The SMILES string of the molecule is COc1ccc(-c2cccc(C(=O)N[C@@H](C)Cc3cc(C)[nH]n3)c2)cn1. The summed E-state index contributed by atoms with van der Waals surface area (Å²) in [6.07, 6.45) is 2.41. The summed E-state index contributed by atoms with van der Waals surface area (Å²) in [5.74, 6) is 0.457. The summed E-state index contributed by atoms with van der Waals surface area (Å²) >= 11 is 0. The van der Waals surface area contributed by atoms with E-state index in [2.05, 4.69) is 20.5 Å². The van der Waals surface area contributed by atoms with Gasteiger partial charge >= 0.3 is 0 Å². The van der Waals surface area contributed by atoms with Gasteiger partial charge in [-0.1, -0.05) is 12.1 Å². The number of aromatic nitrogens is 3. The molecule has 0 radical (unpaired) electrons. The maximum absolute atomic E-state index is 12.6. The summed E-state index contributed by atoms with van der Waals surface area (Å²) < 4.78 is 5.08. The molecular weight excluding hydrogens is 328 g/mol. The number of H-pyrrole nitrogens is 1. The Bertz CT molecular complexity index is 887. The molecule has 6 heteroatoms. The van der Waals surface area contributed by atoms with E-state index in [1.54, 1.807) is 25.4 Å². The van der Waals surface area contributed by atoms with Gasteiger partial charge in [0.25, 0.3) is 5.91 Å². The van der Waals surface area contributed by atoms with Gasteiger partial charge in [0.1, 0.15) is 0 Å². The van der Waals surface area contributed by atoms with Gasteiger partial charge in [-0.15, -0.1) is 0 Å². The van der Waals surface area contributed by atoms with E-state index in [1.165, 1.54) is 0 Å². The number of carbonyl (C=O) groups is 1. The fourth-order valence-corrected chi connectivity index (χ4v) is 2.76. The van der Waals surface area contributed by atoms with Gasteiger partial charge in [-0.2, -0.15) is 5.10 Å². The third-order valence-corrected chi connectivity index (χ3v) is 4.06. The number of nitrogens with one attached hydrogen (secondary N) is 2. The molecule has 0 fully saturated rings. The molecule has 2 heterocycles. The number of nitrogens with zero attached hydrogens (tertiary/aromatic N) is 2. The predicted molar refractivity (Wildman–Crippen MR) is 100 cm³/mol. The normalized spacial score (nSPS) is 11.8. The van der Waals surface area contributed by atoms with Crippen molar-refractivity contribution >= 4 is 5.91 Å². The van der Waals surface area contributed by atoms with Gasteiger partial charge in [0.05, 0.1) is 12.8 Å². The summed E-state index contributed by atoms with van der Waals surface area (Å²) in [5.41, 5.74) is 4.43. The van der Waals surface area contributed by atoms with E-state index in [9.17, 15) is 4.79 Å². The van der Waals surface area contributed by atoms with Gasteiger partial charge in [0.2, 0.25) is 5.88 Å². The molecule has 26 heavy (non-hydrogen) atoms. The second-order valence-electron chi connectivity index (χ2n) is 6.29. The van der Waals surface area contributed by atoms with Crippen LogP contribution in [-0.2, 0) is 6.42 Å². The highest BCUT2D eigenvalue weighted by atomic mass is 16.5. The van der Waals surface area contributed by atoms with Crippen molar-refractivity contribution in [2.75, 3.05) is 7.11 Å². The largest absolute Gasteiger partial charge is 0.481 e. The van der Waals surface area contributed by atoms with Gasteiger partial charge in [-0.25, -0.2) is 4.98 Å². The van der Waals surface area contributed by atoms with E-state index in [1.807, 2.05) is 44.2 Å². The third kappa shape index (κ3) is 4.27. The minimum atomic E-state index is -0.104. The quantitative estimate of drug-likeness (QED) is 0.716. The van der Waals surface area contributed by atoms with Crippen LogP contribution in [0.3, 0.4) is 0 Å². The van der Waals surface area contributed by atoms with Crippen LogP contribution in [0.2, 0.25) is 0 Å². The molecule has 1 atom stereocenters. The smallest absolute Gasteiger partial charge is 0.251 e. The number of methoxy groups -OCH3 is 1. The lowest BCUT2D eigenvalue weighted by Crippen LogP contribution is -2.34. The Morgan fingerprint density at radius 1 is 1.23 bits per heavy atom. The zero-order valence-corrected chi connectivity index (χ0v) is 15.1. The molecule has 6 nitrogen and oxygen atoms in total. The van der Waals surface area contributed by atoms with Crippen LogP contribution in [-0.4, -0.2) is 34.2 Å². The third-order valence-electron chi connectivity index (χ3n) is 4.06. The van der Waals surface area contributed by atoms with Crippen LogP contribution in [0.4, 0.5) is 0 Å². The number of aromatic amines is 1. The number of hydrogen-bond donors (Lipinski definition) is 2. The van der Waals surface area contributed by atoms with Crippen LogP contribution in [0.5, 0.6) is 5.88 Å². The monoisotopic (exact) mass is 350 g/mol. The second kappa shape index (κ2) is 7.82. The van der Waals surface area contributed by atoms with Gasteiger partial charge < -0.3 is 10.1 Å². The topological polar surface area (TPSA) is 79.9 Å². The molecule has 134 valence electrons. The number of pyridine rings is 1. The van der Waals surface area contributed by atoms with E-state index >= 15 is 0 Å². The number of amides is 1. The lowest BCUT2D eigenvalue weighted by Gasteiger charge is -2.13. The number of ether oxygens (including phenoxy) is 1. The number of hydrogen-bond acceptors (Lipinski definition) is 4. The molecule has 0 aliphatic carbocycles. The Labute approximate surface area is 152 Å². The van der Waals surface area contributed by atoms with Crippen LogP contribution in [0.15, 0.2) is 48.7 Å². The van der Waals surface area contributed by atoms with Crippen molar-refractivity contribution in [1.82, 2.24) is 20.5 Å². The number of rotatable bonds is 6. The number of aryl methyl sites for hydroxylation is 1. The molecule has 0 bridgehead atoms. The van der Waals surface area contributed by atoms with E-state index in [0.29, 0.717) is 17.9 Å². The molecule has 3 aromatic rings. The van der Waals surface area contributed by atoms with Crippen LogP contribution >= 0.6 is 0 Å². The van der Waals surface area contributed by atoms with Gasteiger partial charge in [0, 0.05) is 41.5 Å². The van der Waals surface area contributed by atoms with E-state index in [-0.39, 0.29) is 11.9 Å². The fourth-order valence-electron chi connectivity index (χ4n) is 2.76. The van der Waals surface area contributed by atoms with Crippen molar-refractivity contribution in [2.45, 2.75) is 26.3 Å². The summed E-state index contributed by atoms with van der Waals surface area (Å²) in [6.45, 7) is 3.93. The second-order valence-corrected chi connectivity index (χ2v) is 6.29. The van der Waals surface area contributed by atoms with E-state index in [4.69, 9.17) is 4.74 Å². The average molecular weight is 350 g/mol.